The van der Waals surface area contributed by atoms with E-state index in [2.05, 4.69) is 15.9 Å². The number of carbonyl (C=O) groups excluding carboxylic acids is 1. The van der Waals surface area contributed by atoms with Gasteiger partial charge in [0, 0.05) is 30.6 Å². The minimum absolute atomic E-state index is 0.0632. The van der Waals surface area contributed by atoms with Gasteiger partial charge in [0.05, 0.1) is 6.61 Å². The van der Waals surface area contributed by atoms with Gasteiger partial charge in [-0.1, -0.05) is 28.1 Å². The summed E-state index contributed by atoms with van der Waals surface area (Å²) in [5.41, 5.74) is 6.08. The Labute approximate surface area is 128 Å². The number of likely N-dealkylation sites (N-methyl/N-ethyl adjacent to an activating group) is 1. The van der Waals surface area contributed by atoms with E-state index in [-0.39, 0.29) is 5.91 Å². The zero-order valence-electron chi connectivity index (χ0n) is 11.9. The highest BCUT2D eigenvalue weighted by molar-refractivity contribution is 9.10. The van der Waals surface area contributed by atoms with Gasteiger partial charge < -0.3 is 15.4 Å². The van der Waals surface area contributed by atoms with Crippen LogP contribution in [0, 0.1) is 5.92 Å². The number of carbonyl (C=O) groups is 1. The normalized spacial score (nSPS) is 21.5. The minimum atomic E-state index is -1.01. The van der Waals surface area contributed by atoms with Crippen molar-refractivity contribution in [3.63, 3.8) is 0 Å². The van der Waals surface area contributed by atoms with E-state index >= 15 is 0 Å². The van der Waals surface area contributed by atoms with E-state index in [0.29, 0.717) is 12.5 Å². The van der Waals surface area contributed by atoms with E-state index in [9.17, 15) is 4.79 Å². The first-order valence-electron chi connectivity index (χ1n) is 6.79. The summed E-state index contributed by atoms with van der Waals surface area (Å²) in [5, 5.41) is 0. The van der Waals surface area contributed by atoms with Gasteiger partial charge in [-0.2, -0.15) is 0 Å². The van der Waals surface area contributed by atoms with Crippen molar-refractivity contribution in [1.82, 2.24) is 4.90 Å². The van der Waals surface area contributed by atoms with Crippen LogP contribution in [0.5, 0.6) is 0 Å². The third kappa shape index (κ3) is 3.40. The number of hydrogen-bond donors (Lipinski definition) is 1. The predicted molar refractivity (Wildman–Crippen MR) is 82.2 cm³/mol. The summed E-state index contributed by atoms with van der Waals surface area (Å²) in [4.78, 5) is 14.3. The van der Waals surface area contributed by atoms with Crippen molar-refractivity contribution < 1.29 is 9.53 Å². The van der Waals surface area contributed by atoms with E-state index in [1.165, 1.54) is 0 Å². The van der Waals surface area contributed by atoms with Gasteiger partial charge in [-0.05, 0) is 31.0 Å². The highest BCUT2D eigenvalue weighted by Gasteiger charge is 2.34. The third-order valence-electron chi connectivity index (χ3n) is 3.79. The summed E-state index contributed by atoms with van der Waals surface area (Å²) in [6.07, 6.45) is 1.01. The number of halogens is 1. The fourth-order valence-corrected chi connectivity index (χ4v) is 2.78. The lowest BCUT2D eigenvalue weighted by atomic mass is 9.91. The zero-order chi connectivity index (χ0) is 14.8. The third-order valence-corrected chi connectivity index (χ3v) is 4.32. The molecule has 5 heteroatoms. The van der Waals surface area contributed by atoms with Crippen LogP contribution in [0.1, 0.15) is 18.9 Å². The second-order valence-electron chi connectivity index (χ2n) is 5.62. The quantitative estimate of drug-likeness (QED) is 0.913. The molecule has 0 saturated carbocycles. The van der Waals surface area contributed by atoms with Gasteiger partial charge in [0.25, 0.3) is 0 Å². The largest absolute Gasteiger partial charge is 0.381 e. The number of nitrogens with zero attached hydrogens (tertiary/aromatic N) is 1. The minimum Gasteiger partial charge on any atom is -0.381 e. The van der Waals surface area contributed by atoms with Crippen LogP contribution in [0.25, 0.3) is 0 Å². The second kappa shape index (κ2) is 6.24. The molecule has 1 fully saturated rings. The van der Waals surface area contributed by atoms with Gasteiger partial charge in [-0.3, -0.25) is 4.79 Å². The van der Waals surface area contributed by atoms with Crippen LogP contribution < -0.4 is 5.73 Å². The fourth-order valence-electron chi connectivity index (χ4n) is 2.51. The second-order valence-corrected chi connectivity index (χ2v) is 6.54. The molecule has 1 aromatic rings. The molecular weight excluding hydrogens is 320 g/mol. The summed E-state index contributed by atoms with van der Waals surface area (Å²) in [6, 6.07) is 7.57. The molecule has 2 unspecified atom stereocenters. The van der Waals surface area contributed by atoms with Crippen molar-refractivity contribution in [1.29, 1.82) is 0 Å². The Bertz CT molecular complexity index is 467. The number of benzene rings is 1. The molecule has 2 N–H and O–H groups in total. The van der Waals surface area contributed by atoms with Crippen molar-refractivity contribution in [2.24, 2.45) is 11.7 Å². The van der Waals surface area contributed by atoms with E-state index in [4.69, 9.17) is 10.5 Å². The average molecular weight is 341 g/mol. The van der Waals surface area contributed by atoms with Crippen LogP contribution in [0.4, 0.5) is 0 Å². The van der Waals surface area contributed by atoms with Crippen LogP contribution in [0.15, 0.2) is 28.7 Å². The maximum atomic E-state index is 12.6. The molecule has 20 heavy (non-hydrogen) atoms. The number of rotatable bonds is 4. The van der Waals surface area contributed by atoms with Crippen molar-refractivity contribution in [2.45, 2.75) is 18.9 Å². The van der Waals surface area contributed by atoms with Crippen LogP contribution >= 0.6 is 15.9 Å². The molecule has 1 amide bonds. The molecule has 0 bridgehead atoms. The predicted octanol–water partition coefficient (Wildman–Crippen LogP) is 2.12. The lowest BCUT2D eigenvalue weighted by Gasteiger charge is -2.31. The fraction of sp³-hybridized carbons (Fsp3) is 0.533. The van der Waals surface area contributed by atoms with Crippen LogP contribution in [0.2, 0.25) is 0 Å². The van der Waals surface area contributed by atoms with Crippen LogP contribution in [0.3, 0.4) is 0 Å². The Morgan fingerprint density at radius 3 is 2.70 bits per heavy atom. The first kappa shape index (κ1) is 15.5. The molecular formula is C15H21BrN2O2. The maximum Gasteiger partial charge on any atom is 0.246 e. The maximum absolute atomic E-state index is 12.6. The van der Waals surface area contributed by atoms with Crippen molar-refractivity contribution in [3.05, 3.63) is 34.3 Å². The number of hydrogen-bond acceptors (Lipinski definition) is 3. The molecule has 1 saturated heterocycles. The molecule has 0 aromatic heterocycles. The van der Waals surface area contributed by atoms with E-state index < -0.39 is 5.54 Å². The zero-order valence-corrected chi connectivity index (χ0v) is 13.5. The lowest BCUT2D eigenvalue weighted by Crippen LogP contribution is -2.50. The molecule has 0 radical (unpaired) electrons. The first-order valence-corrected chi connectivity index (χ1v) is 7.59. The summed E-state index contributed by atoms with van der Waals surface area (Å²) >= 11 is 3.39. The van der Waals surface area contributed by atoms with E-state index in [1.807, 2.05) is 31.3 Å². The van der Waals surface area contributed by atoms with Gasteiger partial charge in [-0.15, -0.1) is 0 Å². The number of ether oxygens (including phenoxy) is 1. The lowest BCUT2D eigenvalue weighted by molar-refractivity contribution is -0.136. The molecule has 1 aliphatic heterocycles. The molecule has 2 atom stereocenters. The molecule has 0 spiro atoms. The summed E-state index contributed by atoms with van der Waals surface area (Å²) in [5.74, 6) is 0.358. The van der Waals surface area contributed by atoms with Crippen molar-refractivity contribution >= 4 is 21.8 Å². The monoisotopic (exact) mass is 340 g/mol. The Balaban J connectivity index is 2.07. The van der Waals surface area contributed by atoms with E-state index in [0.717, 1.165) is 29.7 Å². The Hall–Kier alpha value is -0.910. The number of nitrogens with two attached hydrogens (primary N) is 1. The number of amides is 1. The van der Waals surface area contributed by atoms with Gasteiger partial charge in [-0.25, -0.2) is 0 Å². The van der Waals surface area contributed by atoms with Crippen LogP contribution in [-0.4, -0.2) is 37.6 Å². The van der Waals surface area contributed by atoms with Crippen LogP contribution in [-0.2, 0) is 15.1 Å². The van der Waals surface area contributed by atoms with Gasteiger partial charge >= 0.3 is 0 Å². The molecule has 2 rings (SSSR count). The van der Waals surface area contributed by atoms with Gasteiger partial charge in [0.1, 0.15) is 5.54 Å². The first-order chi connectivity index (χ1) is 9.41. The standard InChI is InChI=1S/C15H21BrN2O2/c1-15(17,12-3-5-13(16)6-4-12)14(19)18(2)9-11-7-8-20-10-11/h3-6,11H,7-10,17H2,1-2H3. The molecule has 1 aliphatic rings. The highest BCUT2D eigenvalue weighted by Crippen LogP contribution is 2.23. The van der Waals surface area contributed by atoms with Crippen molar-refractivity contribution in [3.8, 4) is 0 Å². The average Bonchev–Trinajstić information content (AvgIpc) is 2.91. The SMILES string of the molecule is CN(CC1CCOC1)C(=O)C(C)(N)c1ccc(Br)cc1. The van der Waals surface area contributed by atoms with Crippen molar-refractivity contribution in [2.75, 3.05) is 26.8 Å². The summed E-state index contributed by atoms with van der Waals surface area (Å²) in [6.45, 7) is 3.98. The highest BCUT2D eigenvalue weighted by atomic mass is 79.9. The van der Waals surface area contributed by atoms with E-state index in [1.54, 1.807) is 11.8 Å². The summed E-state index contributed by atoms with van der Waals surface area (Å²) < 4.78 is 6.32. The smallest absolute Gasteiger partial charge is 0.246 e. The topological polar surface area (TPSA) is 55.6 Å². The molecule has 1 aromatic carbocycles. The summed E-state index contributed by atoms with van der Waals surface area (Å²) in [7, 11) is 1.81. The molecule has 1 heterocycles. The Kier molecular flexibility index (Phi) is 4.83. The Morgan fingerprint density at radius 2 is 2.15 bits per heavy atom. The molecule has 4 nitrogen and oxygen atoms in total. The van der Waals surface area contributed by atoms with Gasteiger partial charge in [0.15, 0.2) is 0 Å². The molecule has 110 valence electrons. The Morgan fingerprint density at radius 1 is 1.50 bits per heavy atom. The van der Waals surface area contributed by atoms with Gasteiger partial charge in [0.2, 0.25) is 5.91 Å². The molecule has 0 aliphatic carbocycles.